The maximum atomic E-state index is 12.6. The van der Waals surface area contributed by atoms with Crippen molar-refractivity contribution < 1.29 is 19.4 Å². The number of aromatic nitrogens is 2. The van der Waals surface area contributed by atoms with Gasteiger partial charge in [-0.25, -0.2) is 14.8 Å². The molecule has 198 valence electrons. The molecule has 0 fully saturated rings. The van der Waals surface area contributed by atoms with Gasteiger partial charge < -0.3 is 25.5 Å². The van der Waals surface area contributed by atoms with E-state index in [1.807, 2.05) is 18.2 Å². The van der Waals surface area contributed by atoms with Gasteiger partial charge in [-0.3, -0.25) is 4.79 Å². The Hall–Kier alpha value is -4.54. The maximum Gasteiger partial charge on any atom is 0.337 e. The highest BCUT2D eigenvalue weighted by Crippen LogP contribution is 2.33. The molecule has 39 heavy (non-hydrogen) atoms. The first-order valence-electron chi connectivity index (χ1n) is 12.1. The van der Waals surface area contributed by atoms with Crippen LogP contribution in [0, 0.1) is 0 Å². The fourth-order valence-corrected chi connectivity index (χ4v) is 5.03. The molecule has 0 unspecified atom stereocenters. The summed E-state index contributed by atoms with van der Waals surface area (Å²) in [6.45, 7) is 3.33. The van der Waals surface area contributed by atoms with Crippen LogP contribution in [0.15, 0.2) is 71.2 Å². The maximum absolute atomic E-state index is 12.6. The van der Waals surface area contributed by atoms with Crippen LogP contribution in [0.2, 0.25) is 0 Å². The first-order chi connectivity index (χ1) is 18.6. The third-order valence-corrected chi connectivity index (χ3v) is 7.18. The number of carbonyl (C=O) groups excluding carboxylic acids is 2. The Labute approximate surface area is 228 Å². The summed E-state index contributed by atoms with van der Waals surface area (Å²) in [6, 6.07) is 18.0. The lowest BCUT2D eigenvalue weighted by Crippen LogP contribution is -2.49. The van der Waals surface area contributed by atoms with Gasteiger partial charge in [0.15, 0.2) is 5.88 Å². The van der Waals surface area contributed by atoms with E-state index in [-0.39, 0.29) is 11.8 Å². The second kappa shape index (κ2) is 9.97. The zero-order chi connectivity index (χ0) is 27.9. The molecule has 4 N–H and O–H groups in total. The monoisotopic (exact) mass is 541 g/mol. The molecule has 0 bridgehead atoms. The lowest BCUT2D eigenvalue weighted by Gasteiger charge is -2.25. The van der Waals surface area contributed by atoms with Gasteiger partial charge in [0.1, 0.15) is 0 Å². The molecular formula is C29H27N5O4S. The summed E-state index contributed by atoms with van der Waals surface area (Å²) in [5, 5.41) is 11.7. The highest BCUT2D eigenvalue weighted by atomic mass is 32.1. The number of thiazole rings is 1. The number of aromatic hydroxyl groups is 1. The van der Waals surface area contributed by atoms with Gasteiger partial charge in [0, 0.05) is 29.2 Å². The Morgan fingerprint density at radius 3 is 2.49 bits per heavy atom. The summed E-state index contributed by atoms with van der Waals surface area (Å²) in [6.07, 6.45) is 0. The Kier molecular flexibility index (Phi) is 6.67. The van der Waals surface area contributed by atoms with Crippen molar-refractivity contribution in [1.82, 2.24) is 9.97 Å². The summed E-state index contributed by atoms with van der Waals surface area (Å²) in [7, 11) is 3.00. The SMILES string of the molecule is COC(=O)c1ccc2c(C(=Nc3ccc(N(C)C(=O)C(C)(C)N)cc3)c3ccc4scnc4c3)c(O)[nH]c2c1. The van der Waals surface area contributed by atoms with Crippen LogP contribution in [-0.4, -0.2) is 52.4 Å². The largest absolute Gasteiger partial charge is 0.494 e. The fourth-order valence-electron chi connectivity index (χ4n) is 4.37. The van der Waals surface area contributed by atoms with Crippen molar-refractivity contribution in [3.63, 3.8) is 0 Å². The van der Waals surface area contributed by atoms with Gasteiger partial charge in [0.05, 0.1) is 50.9 Å². The number of nitrogens with one attached hydrogen (secondary N) is 1. The molecule has 0 saturated carbocycles. The molecule has 0 radical (unpaired) electrons. The Bertz CT molecular complexity index is 1750. The highest BCUT2D eigenvalue weighted by Gasteiger charge is 2.26. The zero-order valence-corrected chi connectivity index (χ0v) is 22.7. The first-order valence-corrected chi connectivity index (χ1v) is 13.0. The lowest BCUT2D eigenvalue weighted by molar-refractivity contribution is -0.122. The molecular weight excluding hydrogens is 514 g/mol. The van der Waals surface area contributed by atoms with E-state index < -0.39 is 11.5 Å². The van der Waals surface area contributed by atoms with E-state index in [1.54, 1.807) is 68.9 Å². The minimum Gasteiger partial charge on any atom is -0.494 e. The number of fused-ring (bicyclic) bond motifs is 2. The molecule has 2 heterocycles. The number of methoxy groups -OCH3 is 1. The average molecular weight is 542 g/mol. The number of hydrogen-bond donors (Lipinski definition) is 3. The van der Waals surface area contributed by atoms with Gasteiger partial charge in [0.2, 0.25) is 5.91 Å². The molecule has 10 heteroatoms. The summed E-state index contributed by atoms with van der Waals surface area (Å²) < 4.78 is 5.87. The van der Waals surface area contributed by atoms with Crippen molar-refractivity contribution in [2.75, 3.05) is 19.1 Å². The molecule has 0 aliphatic carbocycles. The van der Waals surface area contributed by atoms with Crippen LogP contribution >= 0.6 is 11.3 Å². The summed E-state index contributed by atoms with van der Waals surface area (Å²) in [4.78, 5) is 38.5. The Morgan fingerprint density at radius 1 is 1.08 bits per heavy atom. The number of H-pyrrole nitrogens is 1. The fraction of sp³-hybridized carbons (Fsp3) is 0.172. The van der Waals surface area contributed by atoms with Crippen LogP contribution in [0.1, 0.15) is 35.3 Å². The number of carbonyl (C=O) groups is 2. The van der Waals surface area contributed by atoms with Crippen LogP contribution < -0.4 is 10.6 Å². The van der Waals surface area contributed by atoms with Crippen LogP contribution in [0.25, 0.3) is 21.1 Å². The topological polar surface area (TPSA) is 134 Å². The van der Waals surface area contributed by atoms with E-state index in [1.165, 1.54) is 23.3 Å². The summed E-state index contributed by atoms with van der Waals surface area (Å²) >= 11 is 1.54. The molecule has 1 amide bonds. The second-order valence-corrected chi connectivity index (χ2v) is 10.6. The predicted octanol–water partition coefficient (Wildman–Crippen LogP) is 5.14. The number of hydrogen-bond acceptors (Lipinski definition) is 8. The number of likely N-dealkylation sites (N-methyl/N-ethyl adjacent to an activating group) is 1. The third-order valence-electron chi connectivity index (χ3n) is 6.37. The van der Waals surface area contributed by atoms with Gasteiger partial charge in [-0.2, -0.15) is 0 Å². The van der Waals surface area contributed by atoms with Gasteiger partial charge in [-0.1, -0.05) is 12.1 Å². The quantitative estimate of drug-likeness (QED) is 0.201. The minimum atomic E-state index is -1.01. The zero-order valence-electron chi connectivity index (χ0n) is 21.9. The lowest BCUT2D eigenvalue weighted by atomic mass is 9.99. The first kappa shape index (κ1) is 26.1. The number of nitrogens with two attached hydrogens (primary N) is 1. The van der Waals surface area contributed by atoms with Crippen LogP contribution in [0.3, 0.4) is 0 Å². The molecule has 0 saturated heterocycles. The van der Waals surface area contributed by atoms with Gasteiger partial charge >= 0.3 is 5.97 Å². The van der Waals surface area contributed by atoms with E-state index in [2.05, 4.69) is 9.97 Å². The second-order valence-electron chi connectivity index (χ2n) is 9.70. The van der Waals surface area contributed by atoms with Crippen molar-refractivity contribution in [3.8, 4) is 5.88 Å². The van der Waals surface area contributed by atoms with E-state index in [4.69, 9.17) is 15.5 Å². The van der Waals surface area contributed by atoms with Crippen molar-refractivity contribution in [1.29, 1.82) is 0 Å². The minimum absolute atomic E-state index is 0.0868. The van der Waals surface area contributed by atoms with Gasteiger partial charge in [-0.15, -0.1) is 11.3 Å². The van der Waals surface area contributed by atoms with Crippen molar-refractivity contribution in [2.45, 2.75) is 19.4 Å². The standard InChI is InChI=1S/C29H27N5O4S/c1-29(2,30)28(37)34(3)19-9-7-18(8-10-19)32-25(16-6-12-23-22(13-16)31-15-39-23)24-20-11-5-17(27(36)38-4)14-21(20)33-26(24)35/h5-15,33,35H,30H2,1-4H3. The van der Waals surface area contributed by atoms with Gasteiger partial charge in [0.25, 0.3) is 0 Å². The number of aliphatic imine (C=N–C) groups is 1. The van der Waals surface area contributed by atoms with Gasteiger partial charge in [-0.05, 0) is 62.4 Å². The van der Waals surface area contributed by atoms with E-state index in [9.17, 15) is 14.7 Å². The molecule has 0 aliphatic heterocycles. The highest BCUT2D eigenvalue weighted by molar-refractivity contribution is 7.16. The van der Waals surface area contributed by atoms with Crippen molar-refractivity contribution >= 4 is 61.4 Å². The third kappa shape index (κ3) is 4.99. The molecule has 5 rings (SSSR count). The Balaban J connectivity index is 1.64. The predicted molar refractivity (Wildman–Crippen MR) is 154 cm³/mol. The van der Waals surface area contributed by atoms with Crippen LogP contribution in [0.5, 0.6) is 5.88 Å². The van der Waals surface area contributed by atoms with Crippen molar-refractivity contribution in [2.24, 2.45) is 10.7 Å². The smallest absolute Gasteiger partial charge is 0.337 e. The number of anilines is 1. The number of ether oxygens (including phenoxy) is 1. The number of esters is 1. The molecule has 0 spiro atoms. The summed E-state index contributed by atoms with van der Waals surface area (Å²) in [5.74, 6) is -0.778. The number of amides is 1. The molecule has 5 aromatic rings. The number of aromatic amines is 1. The van der Waals surface area contributed by atoms with E-state index in [0.717, 1.165) is 15.8 Å². The average Bonchev–Trinajstić information content (AvgIpc) is 3.52. The van der Waals surface area contributed by atoms with Crippen molar-refractivity contribution in [3.05, 3.63) is 82.9 Å². The van der Waals surface area contributed by atoms with E-state index in [0.29, 0.717) is 39.1 Å². The number of rotatable bonds is 6. The molecule has 3 aromatic carbocycles. The van der Waals surface area contributed by atoms with E-state index >= 15 is 0 Å². The normalized spacial score (nSPS) is 12.2. The Morgan fingerprint density at radius 2 is 1.79 bits per heavy atom. The van der Waals surface area contributed by atoms with Crippen LogP contribution in [0.4, 0.5) is 11.4 Å². The summed E-state index contributed by atoms with van der Waals surface area (Å²) in [5.41, 5.74) is 11.5. The van der Waals surface area contributed by atoms with Crippen LogP contribution in [-0.2, 0) is 9.53 Å². The number of benzene rings is 3. The molecule has 9 nitrogen and oxygen atoms in total. The molecule has 0 atom stereocenters. The number of nitrogens with zero attached hydrogens (tertiary/aromatic N) is 3. The molecule has 2 aromatic heterocycles. The molecule has 0 aliphatic rings.